The zero-order chi connectivity index (χ0) is 12.8. The van der Waals surface area contributed by atoms with Crippen LogP contribution in [-0.2, 0) is 14.3 Å². The highest BCUT2D eigenvalue weighted by atomic mass is 32.1. The SMILES string of the molecule is CNC(CS)C(=O)N(C(C)=O)N1CCOCC1. The van der Waals surface area contributed by atoms with Gasteiger partial charge in [-0.3, -0.25) is 9.59 Å². The van der Waals surface area contributed by atoms with Crippen molar-refractivity contribution in [3.8, 4) is 0 Å². The highest BCUT2D eigenvalue weighted by Gasteiger charge is 2.30. The van der Waals surface area contributed by atoms with Crippen molar-refractivity contribution in [3.63, 3.8) is 0 Å². The van der Waals surface area contributed by atoms with Gasteiger partial charge in [0.05, 0.1) is 19.3 Å². The molecule has 0 aromatic rings. The minimum Gasteiger partial charge on any atom is -0.379 e. The molecule has 98 valence electrons. The molecule has 1 aliphatic rings. The van der Waals surface area contributed by atoms with Gasteiger partial charge >= 0.3 is 0 Å². The molecule has 1 N–H and O–H groups in total. The van der Waals surface area contributed by atoms with Gasteiger partial charge in [0, 0.05) is 25.8 Å². The molecule has 2 amide bonds. The fraction of sp³-hybridized carbons (Fsp3) is 0.800. The van der Waals surface area contributed by atoms with Gasteiger partial charge in [-0.1, -0.05) is 0 Å². The Kier molecular flexibility index (Phi) is 5.90. The van der Waals surface area contributed by atoms with E-state index in [1.807, 2.05) is 0 Å². The predicted molar refractivity (Wildman–Crippen MR) is 66.6 cm³/mol. The van der Waals surface area contributed by atoms with Gasteiger partial charge in [0.1, 0.15) is 0 Å². The standard InChI is InChI=1S/C10H19N3O3S/c1-8(14)13(10(15)9(7-17)11-2)12-3-5-16-6-4-12/h9,11,17H,3-7H2,1-2H3. The smallest absolute Gasteiger partial charge is 0.261 e. The molecular formula is C10H19N3O3S. The average Bonchev–Trinajstić information content (AvgIpc) is 2.31. The number of amides is 2. The molecule has 7 heteroatoms. The molecule has 0 aromatic heterocycles. The van der Waals surface area contributed by atoms with Gasteiger partial charge in [-0.2, -0.15) is 12.6 Å². The lowest BCUT2D eigenvalue weighted by Crippen LogP contribution is -2.58. The first-order valence-corrected chi connectivity index (χ1v) is 6.20. The zero-order valence-corrected chi connectivity index (χ0v) is 11.1. The number of hydrogen-bond donors (Lipinski definition) is 2. The fourth-order valence-electron chi connectivity index (χ4n) is 1.69. The van der Waals surface area contributed by atoms with E-state index < -0.39 is 6.04 Å². The topological polar surface area (TPSA) is 61.9 Å². The molecule has 0 saturated carbocycles. The van der Waals surface area contributed by atoms with Crippen molar-refractivity contribution in [2.45, 2.75) is 13.0 Å². The number of rotatable bonds is 4. The Labute approximate surface area is 107 Å². The van der Waals surface area contributed by atoms with E-state index in [0.29, 0.717) is 32.1 Å². The molecule has 17 heavy (non-hydrogen) atoms. The Morgan fingerprint density at radius 2 is 2.06 bits per heavy atom. The van der Waals surface area contributed by atoms with Crippen molar-refractivity contribution in [3.05, 3.63) is 0 Å². The van der Waals surface area contributed by atoms with E-state index in [9.17, 15) is 9.59 Å². The predicted octanol–water partition coefficient (Wildman–Crippen LogP) is -0.873. The minimum absolute atomic E-state index is 0.267. The molecule has 0 bridgehead atoms. The number of hydrogen-bond acceptors (Lipinski definition) is 6. The van der Waals surface area contributed by atoms with Crippen LogP contribution in [0.25, 0.3) is 0 Å². The van der Waals surface area contributed by atoms with Gasteiger partial charge in [-0.05, 0) is 7.05 Å². The summed E-state index contributed by atoms with van der Waals surface area (Å²) in [4.78, 5) is 23.7. The van der Waals surface area contributed by atoms with E-state index in [4.69, 9.17) is 4.74 Å². The van der Waals surface area contributed by atoms with E-state index >= 15 is 0 Å². The third kappa shape index (κ3) is 3.67. The molecular weight excluding hydrogens is 242 g/mol. The number of ether oxygens (including phenoxy) is 1. The summed E-state index contributed by atoms with van der Waals surface area (Å²) in [5, 5.41) is 5.77. The first kappa shape index (κ1) is 14.4. The quantitative estimate of drug-likeness (QED) is 0.644. The summed E-state index contributed by atoms with van der Waals surface area (Å²) in [7, 11) is 1.68. The number of thiol groups is 1. The molecule has 0 aliphatic carbocycles. The van der Waals surface area contributed by atoms with Crippen molar-refractivity contribution >= 4 is 24.4 Å². The lowest BCUT2D eigenvalue weighted by Gasteiger charge is -2.36. The first-order chi connectivity index (χ1) is 8.11. The number of hydrazine groups is 1. The zero-order valence-electron chi connectivity index (χ0n) is 10.2. The molecule has 0 spiro atoms. The first-order valence-electron chi connectivity index (χ1n) is 5.57. The molecule has 6 nitrogen and oxygen atoms in total. The van der Waals surface area contributed by atoms with Crippen molar-refractivity contribution in [2.75, 3.05) is 39.1 Å². The van der Waals surface area contributed by atoms with Gasteiger partial charge in [-0.15, -0.1) is 0 Å². The summed E-state index contributed by atoms with van der Waals surface area (Å²) in [6, 6.07) is -0.454. The van der Waals surface area contributed by atoms with E-state index in [2.05, 4.69) is 17.9 Å². The molecule has 1 atom stereocenters. The maximum absolute atomic E-state index is 12.2. The number of nitrogens with zero attached hydrogens (tertiary/aromatic N) is 2. The fourth-order valence-corrected chi connectivity index (χ4v) is 2.03. The summed E-state index contributed by atoms with van der Waals surface area (Å²) in [6.07, 6.45) is 0. The normalized spacial score (nSPS) is 18.8. The van der Waals surface area contributed by atoms with Crippen LogP contribution in [0.1, 0.15) is 6.92 Å². The minimum atomic E-state index is -0.454. The second kappa shape index (κ2) is 6.95. The molecule has 0 aromatic carbocycles. The Morgan fingerprint density at radius 1 is 1.47 bits per heavy atom. The Balaban J connectivity index is 2.76. The van der Waals surface area contributed by atoms with Gasteiger partial charge in [0.2, 0.25) is 5.91 Å². The summed E-state index contributed by atoms with van der Waals surface area (Å²) >= 11 is 4.10. The van der Waals surface area contributed by atoms with Crippen molar-refractivity contribution in [1.29, 1.82) is 0 Å². The van der Waals surface area contributed by atoms with Crippen LogP contribution in [0.5, 0.6) is 0 Å². The Bertz CT molecular complexity index is 278. The third-order valence-corrected chi connectivity index (χ3v) is 2.97. The van der Waals surface area contributed by atoms with Crippen molar-refractivity contribution < 1.29 is 14.3 Å². The van der Waals surface area contributed by atoms with Gasteiger partial charge in [-0.25, -0.2) is 10.0 Å². The number of carbonyl (C=O) groups excluding carboxylic acids is 2. The van der Waals surface area contributed by atoms with Crippen LogP contribution in [0, 0.1) is 0 Å². The number of imide groups is 1. The summed E-state index contributed by atoms with van der Waals surface area (Å²) < 4.78 is 5.20. The number of likely N-dealkylation sites (N-methyl/N-ethyl adjacent to an activating group) is 1. The maximum atomic E-state index is 12.2. The van der Waals surface area contributed by atoms with Crippen LogP contribution in [0.2, 0.25) is 0 Å². The van der Waals surface area contributed by atoms with Gasteiger partial charge in [0.25, 0.3) is 5.91 Å². The Morgan fingerprint density at radius 3 is 2.47 bits per heavy atom. The summed E-state index contributed by atoms with van der Waals surface area (Å²) in [6.45, 7) is 3.55. The van der Waals surface area contributed by atoms with Crippen LogP contribution in [-0.4, -0.2) is 67.0 Å². The summed E-state index contributed by atoms with van der Waals surface area (Å²) in [5.41, 5.74) is 0. The van der Waals surface area contributed by atoms with E-state index in [0.717, 1.165) is 0 Å². The monoisotopic (exact) mass is 261 g/mol. The molecule has 0 radical (unpaired) electrons. The average molecular weight is 261 g/mol. The second-order valence-electron chi connectivity index (χ2n) is 3.76. The summed E-state index contributed by atoms with van der Waals surface area (Å²) in [5.74, 6) is -0.195. The van der Waals surface area contributed by atoms with Crippen LogP contribution >= 0.6 is 12.6 Å². The number of nitrogens with one attached hydrogen (secondary N) is 1. The third-order valence-electron chi connectivity index (χ3n) is 2.61. The van der Waals surface area contributed by atoms with Crippen molar-refractivity contribution in [1.82, 2.24) is 15.3 Å². The molecule has 1 rings (SSSR count). The van der Waals surface area contributed by atoms with Gasteiger partial charge in [0.15, 0.2) is 0 Å². The Hall–Kier alpha value is -0.630. The van der Waals surface area contributed by atoms with Gasteiger partial charge < -0.3 is 10.1 Å². The molecule has 1 saturated heterocycles. The highest BCUT2D eigenvalue weighted by molar-refractivity contribution is 7.80. The van der Waals surface area contributed by atoms with Crippen LogP contribution < -0.4 is 5.32 Å². The molecule has 1 unspecified atom stereocenters. The van der Waals surface area contributed by atoms with Crippen LogP contribution in [0.4, 0.5) is 0 Å². The van der Waals surface area contributed by atoms with Crippen molar-refractivity contribution in [2.24, 2.45) is 0 Å². The van der Waals surface area contributed by atoms with Crippen LogP contribution in [0.3, 0.4) is 0 Å². The molecule has 1 heterocycles. The maximum Gasteiger partial charge on any atom is 0.261 e. The van der Waals surface area contributed by atoms with E-state index in [-0.39, 0.29) is 11.8 Å². The lowest BCUT2D eigenvalue weighted by molar-refractivity contribution is -0.170. The highest BCUT2D eigenvalue weighted by Crippen LogP contribution is 2.07. The van der Waals surface area contributed by atoms with E-state index in [1.54, 1.807) is 12.1 Å². The number of morpholine rings is 1. The number of carbonyl (C=O) groups is 2. The molecule has 1 fully saturated rings. The largest absolute Gasteiger partial charge is 0.379 e. The van der Waals surface area contributed by atoms with Crippen LogP contribution in [0.15, 0.2) is 0 Å². The molecule has 1 aliphatic heterocycles. The van der Waals surface area contributed by atoms with E-state index in [1.165, 1.54) is 11.9 Å². The lowest BCUT2D eigenvalue weighted by atomic mass is 10.3. The second-order valence-corrected chi connectivity index (χ2v) is 4.12.